The maximum absolute atomic E-state index is 12.9. The van der Waals surface area contributed by atoms with Gasteiger partial charge in [0.1, 0.15) is 17.1 Å². The van der Waals surface area contributed by atoms with Gasteiger partial charge in [0.15, 0.2) is 0 Å². The maximum Gasteiger partial charge on any atom is 0.265 e. The number of hydrogen-bond donors (Lipinski definition) is 1. The van der Waals surface area contributed by atoms with Crippen molar-refractivity contribution >= 4 is 23.2 Å². The van der Waals surface area contributed by atoms with Gasteiger partial charge in [0.2, 0.25) is 5.91 Å². The fourth-order valence-corrected chi connectivity index (χ4v) is 3.53. The van der Waals surface area contributed by atoms with Gasteiger partial charge in [-0.3, -0.25) is 4.79 Å². The second-order valence-electron chi connectivity index (χ2n) is 6.87. The van der Waals surface area contributed by atoms with Crippen LogP contribution in [0.3, 0.4) is 0 Å². The van der Waals surface area contributed by atoms with Crippen LogP contribution in [-0.4, -0.2) is 22.4 Å². The van der Waals surface area contributed by atoms with Gasteiger partial charge in [0.05, 0.1) is 6.07 Å². The van der Waals surface area contributed by atoms with Crippen LogP contribution in [0.25, 0.3) is 0 Å². The number of amides is 1. The Morgan fingerprint density at radius 1 is 1.26 bits per heavy atom. The smallest absolute Gasteiger partial charge is 0.265 e. The van der Waals surface area contributed by atoms with Gasteiger partial charge in [-0.25, -0.2) is 18.7 Å². The predicted molar refractivity (Wildman–Crippen MR) is 94.5 cm³/mol. The van der Waals surface area contributed by atoms with Gasteiger partial charge in [0.25, 0.3) is 6.43 Å². The first kappa shape index (κ1) is 17.3. The summed E-state index contributed by atoms with van der Waals surface area (Å²) in [5.41, 5.74) is -0.402. The summed E-state index contributed by atoms with van der Waals surface area (Å²) in [5.74, 6) is 0.834. The van der Waals surface area contributed by atoms with Crippen molar-refractivity contribution < 1.29 is 13.6 Å². The number of carbonyl (C=O) groups is 1. The van der Waals surface area contributed by atoms with Crippen LogP contribution >= 0.6 is 0 Å². The van der Waals surface area contributed by atoms with Crippen LogP contribution in [0.1, 0.15) is 31.3 Å². The summed E-state index contributed by atoms with van der Waals surface area (Å²) in [6.45, 7) is 0.494. The minimum atomic E-state index is -2.57. The van der Waals surface area contributed by atoms with Gasteiger partial charge in [-0.05, 0) is 43.4 Å². The van der Waals surface area contributed by atoms with E-state index in [1.807, 2.05) is 0 Å². The molecule has 2 aromatic rings. The molecule has 0 unspecified atom stereocenters. The number of carbonyl (C=O) groups excluding carboxylic acids is 1. The number of pyridine rings is 2. The lowest BCUT2D eigenvalue weighted by Gasteiger charge is -2.21. The minimum Gasteiger partial charge on any atom is -0.325 e. The number of alkyl halides is 2. The van der Waals surface area contributed by atoms with Gasteiger partial charge in [-0.1, -0.05) is 0 Å². The molecule has 6 nitrogen and oxygen atoms in total. The SMILES string of the molecule is N#C[C@@]1(C2CC2)CCN(c2ccnc(Nc3ccc(C(F)F)cn3)c2)C1=O. The molecule has 1 aliphatic carbocycles. The lowest BCUT2D eigenvalue weighted by atomic mass is 9.83. The zero-order chi connectivity index (χ0) is 19.0. The van der Waals surface area contributed by atoms with E-state index < -0.39 is 11.8 Å². The fraction of sp³-hybridized carbons (Fsp3) is 0.368. The standard InChI is InChI=1S/C19H17F2N5O/c20-17(21)12-1-4-15(24-10-12)25-16-9-14(5-7-23-16)26-8-6-19(11-22,18(26)27)13-2-3-13/h1,4-5,7,9-10,13,17H,2-3,6,8H2,(H,23,24,25)/t19-/m1/s1. The summed E-state index contributed by atoms with van der Waals surface area (Å²) in [5, 5.41) is 12.5. The lowest BCUT2D eigenvalue weighted by Crippen LogP contribution is -2.35. The molecule has 0 radical (unpaired) electrons. The summed E-state index contributed by atoms with van der Waals surface area (Å²) in [7, 11) is 0. The number of aromatic nitrogens is 2. The van der Waals surface area contributed by atoms with Crippen molar-refractivity contribution in [1.82, 2.24) is 9.97 Å². The first-order chi connectivity index (χ1) is 13.0. The molecular weight excluding hydrogens is 352 g/mol. The molecule has 2 aliphatic rings. The second kappa shape index (κ2) is 6.58. The first-order valence-electron chi connectivity index (χ1n) is 8.74. The van der Waals surface area contributed by atoms with Gasteiger partial charge in [0, 0.05) is 36.3 Å². The summed E-state index contributed by atoms with van der Waals surface area (Å²) in [6.07, 6.45) is 2.49. The monoisotopic (exact) mass is 369 g/mol. The van der Waals surface area contributed by atoms with E-state index in [0.29, 0.717) is 30.3 Å². The van der Waals surface area contributed by atoms with Crippen molar-refractivity contribution in [1.29, 1.82) is 5.26 Å². The van der Waals surface area contributed by atoms with E-state index in [-0.39, 0.29) is 17.4 Å². The molecule has 27 heavy (non-hydrogen) atoms. The Morgan fingerprint density at radius 2 is 2.07 bits per heavy atom. The van der Waals surface area contributed by atoms with Crippen molar-refractivity contribution in [3.05, 3.63) is 42.2 Å². The third kappa shape index (κ3) is 3.10. The average Bonchev–Trinajstić information content (AvgIpc) is 3.47. The minimum absolute atomic E-state index is 0.149. The van der Waals surface area contributed by atoms with Gasteiger partial charge in [-0.15, -0.1) is 0 Å². The van der Waals surface area contributed by atoms with Crippen LogP contribution in [-0.2, 0) is 4.79 Å². The third-order valence-corrected chi connectivity index (χ3v) is 5.18. The highest BCUT2D eigenvalue weighted by molar-refractivity contribution is 6.02. The molecule has 1 aliphatic heterocycles. The molecule has 1 atom stereocenters. The largest absolute Gasteiger partial charge is 0.325 e. The highest BCUT2D eigenvalue weighted by Crippen LogP contribution is 2.51. The van der Waals surface area contributed by atoms with Crippen LogP contribution in [0, 0.1) is 22.7 Å². The Balaban J connectivity index is 1.53. The molecule has 0 spiro atoms. The van der Waals surface area contributed by atoms with Crippen molar-refractivity contribution in [2.24, 2.45) is 11.3 Å². The van der Waals surface area contributed by atoms with Crippen molar-refractivity contribution in [3.8, 4) is 6.07 Å². The Kier molecular flexibility index (Phi) is 4.22. The molecule has 1 amide bonds. The molecule has 0 aromatic carbocycles. The number of halogens is 2. The number of nitrogens with zero attached hydrogens (tertiary/aromatic N) is 4. The van der Waals surface area contributed by atoms with Crippen LogP contribution in [0.15, 0.2) is 36.7 Å². The Hall–Kier alpha value is -3.08. The van der Waals surface area contributed by atoms with E-state index in [4.69, 9.17) is 0 Å². The van der Waals surface area contributed by atoms with Crippen molar-refractivity contribution in [2.75, 3.05) is 16.8 Å². The molecule has 8 heteroatoms. The molecule has 4 rings (SSSR count). The highest BCUT2D eigenvalue weighted by Gasteiger charge is 2.56. The number of anilines is 3. The molecule has 3 heterocycles. The number of hydrogen-bond acceptors (Lipinski definition) is 5. The second-order valence-corrected chi connectivity index (χ2v) is 6.87. The summed E-state index contributed by atoms with van der Waals surface area (Å²) in [4.78, 5) is 22.7. The van der Waals surface area contributed by atoms with Crippen LogP contribution in [0.5, 0.6) is 0 Å². The molecular formula is C19H17F2N5O. The maximum atomic E-state index is 12.9. The topological polar surface area (TPSA) is 81.9 Å². The Morgan fingerprint density at radius 3 is 2.70 bits per heavy atom. The molecule has 1 saturated heterocycles. The lowest BCUT2D eigenvalue weighted by molar-refractivity contribution is -0.123. The normalized spacial score (nSPS) is 22.1. The van der Waals surface area contributed by atoms with Gasteiger partial charge in [-0.2, -0.15) is 5.26 Å². The third-order valence-electron chi connectivity index (χ3n) is 5.18. The predicted octanol–water partition coefficient (Wildman–Crippen LogP) is 3.81. The summed E-state index contributed by atoms with van der Waals surface area (Å²) >= 11 is 0. The Bertz CT molecular complexity index is 907. The van der Waals surface area contributed by atoms with Gasteiger partial charge < -0.3 is 10.2 Å². The molecule has 1 saturated carbocycles. The van der Waals surface area contributed by atoms with E-state index in [1.54, 1.807) is 23.2 Å². The first-order valence-corrected chi connectivity index (χ1v) is 8.74. The molecule has 1 N–H and O–H groups in total. The summed E-state index contributed by atoms with van der Waals surface area (Å²) < 4.78 is 25.2. The van der Waals surface area contributed by atoms with Crippen molar-refractivity contribution in [2.45, 2.75) is 25.7 Å². The van der Waals surface area contributed by atoms with E-state index in [1.165, 1.54) is 12.1 Å². The summed E-state index contributed by atoms with van der Waals surface area (Å²) in [6, 6.07) is 8.42. The van der Waals surface area contributed by atoms with Crippen LogP contribution in [0.4, 0.5) is 26.1 Å². The average molecular weight is 369 g/mol. The zero-order valence-corrected chi connectivity index (χ0v) is 14.4. The number of rotatable bonds is 5. The zero-order valence-electron chi connectivity index (χ0n) is 14.4. The van der Waals surface area contributed by atoms with Crippen LogP contribution in [0.2, 0.25) is 0 Å². The van der Waals surface area contributed by atoms with Crippen LogP contribution < -0.4 is 10.2 Å². The quantitative estimate of drug-likeness (QED) is 0.867. The van der Waals surface area contributed by atoms with E-state index >= 15 is 0 Å². The highest BCUT2D eigenvalue weighted by atomic mass is 19.3. The number of nitriles is 1. The van der Waals surface area contributed by atoms with E-state index in [0.717, 1.165) is 19.0 Å². The van der Waals surface area contributed by atoms with Crippen molar-refractivity contribution in [3.63, 3.8) is 0 Å². The van der Waals surface area contributed by atoms with Gasteiger partial charge >= 0.3 is 0 Å². The number of nitrogens with one attached hydrogen (secondary N) is 1. The molecule has 2 fully saturated rings. The molecule has 0 bridgehead atoms. The van der Waals surface area contributed by atoms with E-state index in [2.05, 4.69) is 21.4 Å². The Labute approximate surface area is 154 Å². The fourth-order valence-electron chi connectivity index (χ4n) is 3.53. The molecule has 2 aromatic heterocycles. The molecule has 138 valence electrons. The van der Waals surface area contributed by atoms with E-state index in [9.17, 15) is 18.8 Å².